The topological polar surface area (TPSA) is 50.4 Å². The number of hydrogen-bond acceptors (Lipinski definition) is 3. The van der Waals surface area contributed by atoms with Gasteiger partial charge < -0.3 is 15.4 Å². The van der Waals surface area contributed by atoms with E-state index in [9.17, 15) is 18.0 Å². The van der Waals surface area contributed by atoms with Crippen LogP contribution in [0.2, 0.25) is 0 Å². The van der Waals surface area contributed by atoms with Gasteiger partial charge in [-0.25, -0.2) is 0 Å². The summed E-state index contributed by atoms with van der Waals surface area (Å²) in [5.74, 6) is -0.153. The Balaban J connectivity index is 3.46. The minimum absolute atomic E-state index is 0.0717. The Labute approximate surface area is 105 Å². The number of amides is 1. The van der Waals surface area contributed by atoms with E-state index < -0.39 is 12.8 Å². The summed E-state index contributed by atoms with van der Waals surface area (Å²) in [7, 11) is 0. The van der Waals surface area contributed by atoms with Crippen molar-refractivity contribution in [1.82, 2.24) is 10.6 Å². The summed E-state index contributed by atoms with van der Waals surface area (Å²) in [6.45, 7) is 2.93. The van der Waals surface area contributed by atoms with Gasteiger partial charge in [0.05, 0.1) is 13.2 Å². The number of halogens is 3. The normalized spacial score (nSPS) is 11.9. The minimum Gasteiger partial charge on any atom is -0.371 e. The summed E-state index contributed by atoms with van der Waals surface area (Å²) in [5.41, 5.74) is 0. The van der Waals surface area contributed by atoms with Crippen LogP contribution in [0.4, 0.5) is 13.2 Å². The number of alkyl halides is 3. The highest BCUT2D eigenvalue weighted by Gasteiger charge is 2.27. The molecule has 1 amide bonds. The van der Waals surface area contributed by atoms with Crippen LogP contribution >= 0.6 is 0 Å². The predicted molar refractivity (Wildman–Crippen MR) is 62.3 cm³/mol. The Kier molecular flexibility index (Phi) is 8.74. The lowest BCUT2D eigenvalue weighted by Crippen LogP contribution is -2.40. The molecule has 0 atom stereocenters. The van der Waals surface area contributed by atoms with Crippen molar-refractivity contribution < 1.29 is 22.7 Å². The smallest absolute Gasteiger partial charge is 0.371 e. The highest BCUT2D eigenvalue weighted by atomic mass is 19.4. The van der Waals surface area contributed by atoms with E-state index in [1.54, 1.807) is 0 Å². The van der Waals surface area contributed by atoms with Gasteiger partial charge in [0.1, 0.15) is 6.61 Å². The standard InChI is InChI=1S/C11H21F3N2O2/c1-3-9(4-2)16-10(17)7-15-5-6-18-8-11(12,13)14/h9,15H,3-8H2,1-2H3,(H,16,17). The van der Waals surface area contributed by atoms with E-state index in [-0.39, 0.29) is 31.6 Å². The number of ether oxygens (including phenoxy) is 1. The molecule has 0 aromatic heterocycles. The average Bonchev–Trinajstić information content (AvgIpc) is 2.29. The van der Waals surface area contributed by atoms with Crippen LogP contribution in [0.1, 0.15) is 26.7 Å². The van der Waals surface area contributed by atoms with Crippen molar-refractivity contribution in [3.05, 3.63) is 0 Å². The molecule has 0 rings (SSSR count). The van der Waals surface area contributed by atoms with Gasteiger partial charge in [0.2, 0.25) is 5.91 Å². The molecule has 0 heterocycles. The van der Waals surface area contributed by atoms with Crippen LogP contribution in [0, 0.1) is 0 Å². The summed E-state index contributed by atoms with van der Waals surface area (Å²) in [5, 5.41) is 5.53. The second kappa shape index (κ2) is 9.16. The summed E-state index contributed by atoms with van der Waals surface area (Å²) >= 11 is 0. The van der Waals surface area contributed by atoms with Gasteiger partial charge in [-0.15, -0.1) is 0 Å². The van der Waals surface area contributed by atoms with Gasteiger partial charge in [-0.1, -0.05) is 13.8 Å². The first kappa shape index (κ1) is 17.2. The van der Waals surface area contributed by atoms with Crippen molar-refractivity contribution in [3.63, 3.8) is 0 Å². The lowest BCUT2D eigenvalue weighted by molar-refractivity contribution is -0.173. The van der Waals surface area contributed by atoms with Crippen LogP contribution in [-0.4, -0.2) is 44.4 Å². The Bertz CT molecular complexity index is 231. The fourth-order valence-electron chi connectivity index (χ4n) is 1.31. The van der Waals surface area contributed by atoms with Crippen LogP contribution in [0.25, 0.3) is 0 Å². The lowest BCUT2D eigenvalue weighted by atomic mass is 10.2. The second-order valence-electron chi connectivity index (χ2n) is 3.93. The highest BCUT2D eigenvalue weighted by molar-refractivity contribution is 5.78. The third-order valence-corrected chi connectivity index (χ3v) is 2.33. The van der Waals surface area contributed by atoms with Crippen molar-refractivity contribution in [2.24, 2.45) is 0 Å². The molecular weight excluding hydrogens is 249 g/mol. The largest absolute Gasteiger partial charge is 0.411 e. The monoisotopic (exact) mass is 270 g/mol. The molecule has 0 saturated carbocycles. The van der Waals surface area contributed by atoms with E-state index in [0.717, 1.165) is 12.8 Å². The van der Waals surface area contributed by atoms with Crippen molar-refractivity contribution in [2.45, 2.75) is 38.9 Å². The molecule has 0 radical (unpaired) electrons. The van der Waals surface area contributed by atoms with Crippen LogP contribution < -0.4 is 10.6 Å². The first-order valence-corrected chi connectivity index (χ1v) is 6.03. The van der Waals surface area contributed by atoms with Gasteiger partial charge in [0, 0.05) is 12.6 Å². The highest BCUT2D eigenvalue weighted by Crippen LogP contribution is 2.13. The molecule has 0 fully saturated rings. The molecule has 4 nitrogen and oxygen atoms in total. The van der Waals surface area contributed by atoms with Crippen molar-refractivity contribution in [1.29, 1.82) is 0 Å². The lowest BCUT2D eigenvalue weighted by Gasteiger charge is -2.15. The molecule has 0 bridgehead atoms. The first-order valence-electron chi connectivity index (χ1n) is 6.03. The summed E-state index contributed by atoms with van der Waals surface area (Å²) in [6, 6.07) is 0.153. The fraction of sp³-hybridized carbons (Fsp3) is 0.909. The number of carbonyl (C=O) groups is 1. The van der Waals surface area contributed by atoms with Crippen LogP contribution in [0.5, 0.6) is 0 Å². The van der Waals surface area contributed by atoms with Gasteiger partial charge in [-0.2, -0.15) is 13.2 Å². The molecule has 0 aliphatic heterocycles. The number of hydrogen-bond donors (Lipinski definition) is 2. The second-order valence-corrected chi connectivity index (χ2v) is 3.93. The van der Waals surface area contributed by atoms with Gasteiger partial charge in [-0.05, 0) is 12.8 Å². The maximum Gasteiger partial charge on any atom is 0.411 e. The third-order valence-electron chi connectivity index (χ3n) is 2.33. The molecule has 0 aromatic carbocycles. The molecule has 2 N–H and O–H groups in total. The van der Waals surface area contributed by atoms with E-state index in [1.807, 2.05) is 13.8 Å². The van der Waals surface area contributed by atoms with E-state index in [4.69, 9.17) is 0 Å². The Morgan fingerprint density at radius 2 is 1.89 bits per heavy atom. The van der Waals surface area contributed by atoms with Gasteiger partial charge in [0.25, 0.3) is 0 Å². The zero-order chi connectivity index (χ0) is 14.0. The quantitative estimate of drug-likeness (QED) is 0.624. The Morgan fingerprint density at radius 3 is 2.39 bits per heavy atom. The molecule has 108 valence electrons. The average molecular weight is 270 g/mol. The summed E-state index contributed by atoms with van der Waals surface area (Å²) in [4.78, 5) is 11.4. The van der Waals surface area contributed by atoms with Crippen LogP contribution in [0.15, 0.2) is 0 Å². The first-order chi connectivity index (χ1) is 8.39. The predicted octanol–water partition coefficient (Wildman–Crippen LogP) is 1.46. The molecule has 0 aliphatic carbocycles. The van der Waals surface area contributed by atoms with E-state index in [2.05, 4.69) is 15.4 Å². The summed E-state index contributed by atoms with van der Waals surface area (Å²) < 4.78 is 39.5. The van der Waals surface area contributed by atoms with Crippen LogP contribution in [-0.2, 0) is 9.53 Å². The molecule has 0 spiro atoms. The Hall–Kier alpha value is -0.820. The summed E-state index contributed by atoms with van der Waals surface area (Å²) in [6.07, 6.45) is -2.58. The van der Waals surface area contributed by atoms with Gasteiger partial charge in [0.15, 0.2) is 0 Å². The SMILES string of the molecule is CCC(CC)NC(=O)CNCCOCC(F)(F)F. The number of carbonyl (C=O) groups excluding carboxylic acids is 1. The number of rotatable bonds is 9. The molecule has 0 aliphatic rings. The fourth-order valence-corrected chi connectivity index (χ4v) is 1.31. The maximum atomic E-state index is 11.7. The molecule has 0 aromatic rings. The van der Waals surface area contributed by atoms with E-state index >= 15 is 0 Å². The van der Waals surface area contributed by atoms with Crippen LogP contribution in [0.3, 0.4) is 0 Å². The molecule has 0 unspecified atom stereocenters. The zero-order valence-electron chi connectivity index (χ0n) is 10.8. The third kappa shape index (κ3) is 10.3. The van der Waals surface area contributed by atoms with Crippen molar-refractivity contribution in [2.75, 3.05) is 26.3 Å². The zero-order valence-corrected chi connectivity index (χ0v) is 10.8. The molecule has 7 heteroatoms. The van der Waals surface area contributed by atoms with E-state index in [0.29, 0.717) is 0 Å². The molecule has 0 saturated heterocycles. The Morgan fingerprint density at radius 1 is 1.28 bits per heavy atom. The maximum absolute atomic E-state index is 11.7. The molecular formula is C11H21F3N2O2. The molecule has 18 heavy (non-hydrogen) atoms. The van der Waals surface area contributed by atoms with Gasteiger partial charge >= 0.3 is 6.18 Å². The van der Waals surface area contributed by atoms with Crippen molar-refractivity contribution in [3.8, 4) is 0 Å². The van der Waals surface area contributed by atoms with E-state index in [1.165, 1.54) is 0 Å². The van der Waals surface area contributed by atoms with Crippen molar-refractivity contribution >= 4 is 5.91 Å². The minimum atomic E-state index is -4.30. The van der Waals surface area contributed by atoms with Gasteiger partial charge in [-0.3, -0.25) is 4.79 Å². The number of nitrogens with one attached hydrogen (secondary N) is 2.